The number of aliphatic hydroxyl groups excluding tert-OH is 1. The van der Waals surface area contributed by atoms with Gasteiger partial charge in [-0.15, -0.1) is 0 Å². The van der Waals surface area contributed by atoms with Crippen LogP contribution >= 0.6 is 0 Å². The molecule has 3 rings (SSSR count). The van der Waals surface area contributed by atoms with Crippen LogP contribution in [0.2, 0.25) is 0 Å². The van der Waals surface area contributed by atoms with Gasteiger partial charge in [0.25, 0.3) is 5.91 Å². The van der Waals surface area contributed by atoms with Gasteiger partial charge < -0.3 is 10.4 Å². The van der Waals surface area contributed by atoms with Crippen LogP contribution in [0.15, 0.2) is 24.3 Å². The zero-order chi connectivity index (χ0) is 15.9. The van der Waals surface area contributed by atoms with Crippen molar-refractivity contribution in [3.63, 3.8) is 0 Å². The van der Waals surface area contributed by atoms with E-state index < -0.39 is 23.6 Å². The third-order valence-corrected chi connectivity index (χ3v) is 3.72. The highest BCUT2D eigenvalue weighted by Gasteiger charge is 2.27. The molecule has 2 atom stereocenters. The fourth-order valence-electron chi connectivity index (χ4n) is 2.70. The first-order chi connectivity index (χ1) is 10.4. The molecule has 2 N–H and O–H groups in total. The molecule has 0 spiro atoms. The summed E-state index contributed by atoms with van der Waals surface area (Å²) in [5.74, 6) is -1.63. The summed E-state index contributed by atoms with van der Waals surface area (Å²) >= 11 is 0. The number of fused-ring (bicyclic) bond motifs is 1. The van der Waals surface area contributed by atoms with Gasteiger partial charge in [0.05, 0.1) is 0 Å². The lowest BCUT2D eigenvalue weighted by molar-refractivity contribution is -0.123. The number of benzene rings is 1. The predicted octanol–water partition coefficient (Wildman–Crippen LogP) is 2.02. The number of amides is 1. The van der Waals surface area contributed by atoms with Crippen molar-refractivity contribution in [1.82, 2.24) is 9.78 Å². The van der Waals surface area contributed by atoms with Crippen molar-refractivity contribution in [2.75, 3.05) is 5.32 Å². The topological polar surface area (TPSA) is 67.2 Å². The minimum atomic E-state index is -1.13. The highest BCUT2D eigenvalue weighted by molar-refractivity contribution is 5.92. The smallest absolute Gasteiger partial charge is 0.254 e. The normalized spacial score (nSPS) is 18.1. The van der Waals surface area contributed by atoms with Crippen LogP contribution in [-0.2, 0) is 11.3 Å². The minimum absolute atomic E-state index is 0.171. The van der Waals surface area contributed by atoms with Crippen molar-refractivity contribution in [1.29, 1.82) is 0 Å². The average molecular weight is 307 g/mol. The molecule has 116 valence electrons. The average Bonchev–Trinajstić information content (AvgIpc) is 2.96. The fourth-order valence-corrected chi connectivity index (χ4v) is 2.70. The number of aryl methyl sites for hydroxylation is 1. The molecule has 1 unspecified atom stereocenters. The van der Waals surface area contributed by atoms with Gasteiger partial charge in [-0.3, -0.25) is 9.48 Å². The van der Waals surface area contributed by atoms with E-state index in [4.69, 9.17) is 0 Å². The lowest BCUT2D eigenvalue weighted by Crippen LogP contribution is -2.24. The van der Waals surface area contributed by atoms with Crippen molar-refractivity contribution in [2.24, 2.45) is 0 Å². The third kappa shape index (κ3) is 2.71. The monoisotopic (exact) mass is 307 g/mol. The number of aromatic nitrogens is 2. The number of rotatable bonds is 3. The van der Waals surface area contributed by atoms with Crippen molar-refractivity contribution in [3.8, 4) is 0 Å². The second kappa shape index (κ2) is 5.49. The lowest BCUT2D eigenvalue weighted by atomic mass is 9.95. The molecule has 1 amide bonds. The van der Waals surface area contributed by atoms with E-state index >= 15 is 0 Å². The Morgan fingerprint density at radius 2 is 2.05 bits per heavy atom. The molecule has 1 aliphatic heterocycles. The van der Waals surface area contributed by atoms with Crippen molar-refractivity contribution >= 4 is 11.7 Å². The first kappa shape index (κ1) is 14.6. The summed E-state index contributed by atoms with van der Waals surface area (Å²) in [4.78, 5) is 11.5. The molecule has 1 aromatic carbocycles. The second-order valence-electron chi connectivity index (χ2n) is 5.39. The molecular weight excluding hydrogens is 292 g/mol. The van der Waals surface area contributed by atoms with Gasteiger partial charge in [0.2, 0.25) is 0 Å². The molecule has 0 fully saturated rings. The van der Waals surface area contributed by atoms with Crippen LogP contribution in [0.5, 0.6) is 0 Å². The minimum Gasteiger partial charge on any atom is -0.384 e. The van der Waals surface area contributed by atoms with Crippen LogP contribution in [0.3, 0.4) is 0 Å². The Morgan fingerprint density at radius 3 is 2.68 bits per heavy atom. The number of carbonyl (C=O) groups excluding carboxylic acids is 1. The summed E-state index contributed by atoms with van der Waals surface area (Å²) in [5, 5.41) is 15.9. The van der Waals surface area contributed by atoms with Gasteiger partial charge >= 0.3 is 0 Å². The Morgan fingerprint density at radius 1 is 1.36 bits per heavy atom. The van der Waals surface area contributed by atoms with Gasteiger partial charge in [0, 0.05) is 30.3 Å². The van der Waals surface area contributed by atoms with E-state index in [1.165, 1.54) is 19.1 Å². The van der Waals surface area contributed by atoms with E-state index in [1.54, 1.807) is 10.7 Å². The maximum absolute atomic E-state index is 13.4. The zero-order valence-corrected chi connectivity index (χ0v) is 11.9. The summed E-state index contributed by atoms with van der Waals surface area (Å²) in [6, 6.07) is 5.12. The summed E-state index contributed by atoms with van der Waals surface area (Å²) in [7, 11) is 0. The fraction of sp³-hybridized carbons (Fsp3) is 0.333. The Balaban J connectivity index is 1.88. The molecule has 0 aliphatic carbocycles. The van der Waals surface area contributed by atoms with Gasteiger partial charge in [0.1, 0.15) is 17.7 Å². The van der Waals surface area contributed by atoms with Crippen LogP contribution in [-0.4, -0.2) is 26.9 Å². The molecule has 22 heavy (non-hydrogen) atoms. The first-order valence-corrected chi connectivity index (χ1v) is 6.96. The van der Waals surface area contributed by atoms with Gasteiger partial charge in [-0.25, -0.2) is 8.78 Å². The SMILES string of the molecule is C[C@@H](O)C(=O)Nc1cc2n(n1)CCC2c1cc(F)cc(F)c1. The summed E-state index contributed by atoms with van der Waals surface area (Å²) in [6.45, 7) is 1.96. The van der Waals surface area contributed by atoms with E-state index in [0.717, 1.165) is 11.8 Å². The predicted molar refractivity (Wildman–Crippen MR) is 75.4 cm³/mol. The Bertz CT molecular complexity index is 707. The molecular formula is C15H15F2N3O2. The molecule has 0 bridgehead atoms. The quantitative estimate of drug-likeness (QED) is 0.911. The maximum atomic E-state index is 13.4. The molecule has 7 heteroatoms. The van der Waals surface area contributed by atoms with Gasteiger partial charge in [0.15, 0.2) is 5.82 Å². The summed E-state index contributed by atoms with van der Waals surface area (Å²) in [6.07, 6.45) is -0.444. The summed E-state index contributed by atoms with van der Waals surface area (Å²) in [5.41, 5.74) is 1.33. The molecule has 1 aromatic heterocycles. The van der Waals surface area contributed by atoms with Gasteiger partial charge in [-0.05, 0) is 31.0 Å². The molecule has 2 heterocycles. The number of hydrogen-bond donors (Lipinski definition) is 2. The van der Waals surface area contributed by atoms with E-state index in [0.29, 0.717) is 24.3 Å². The van der Waals surface area contributed by atoms with E-state index in [-0.39, 0.29) is 5.92 Å². The number of carbonyl (C=O) groups is 1. The maximum Gasteiger partial charge on any atom is 0.254 e. The van der Waals surface area contributed by atoms with Crippen molar-refractivity contribution in [2.45, 2.75) is 31.9 Å². The van der Waals surface area contributed by atoms with Gasteiger partial charge in [-0.2, -0.15) is 5.10 Å². The van der Waals surface area contributed by atoms with Crippen molar-refractivity contribution in [3.05, 3.63) is 47.2 Å². The molecule has 5 nitrogen and oxygen atoms in total. The molecule has 0 saturated carbocycles. The largest absolute Gasteiger partial charge is 0.384 e. The van der Waals surface area contributed by atoms with Crippen LogP contribution in [0.1, 0.15) is 30.5 Å². The zero-order valence-electron chi connectivity index (χ0n) is 11.9. The van der Waals surface area contributed by atoms with Gasteiger partial charge in [-0.1, -0.05) is 0 Å². The van der Waals surface area contributed by atoms with Crippen LogP contribution in [0.4, 0.5) is 14.6 Å². The number of anilines is 1. The highest BCUT2D eigenvalue weighted by atomic mass is 19.1. The standard InChI is InChI=1S/C15H15F2N3O2/c1-8(21)15(22)18-14-7-13-12(2-3-20(13)19-14)9-4-10(16)6-11(17)5-9/h4-8,12,21H,2-3H2,1H3,(H,18,19,22)/t8-,12?/m1/s1. The third-order valence-electron chi connectivity index (χ3n) is 3.72. The van der Waals surface area contributed by atoms with E-state index in [9.17, 15) is 18.7 Å². The Labute approximate surface area is 125 Å². The number of nitrogens with one attached hydrogen (secondary N) is 1. The van der Waals surface area contributed by atoms with Crippen molar-refractivity contribution < 1.29 is 18.7 Å². The number of halogens is 2. The van der Waals surface area contributed by atoms with Crippen LogP contribution in [0, 0.1) is 11.6 Å². The van der Waals surface area contributed by atoms with E-state index in [2.05, 4.69) is 10.4 Å². The number of hydrogen-bond acceptors (Lipinski definition) is 3. The Kier molecular flexibility index (Phi) is 3.66. The number of aliphatic hydroxyl groups is 1. The molecule has 2 aromatic rings. The number of nitrogens with zero attached hydrogens (tertiary/aromatic N) is 2. The first-order valence-electron chi connectivity index (χ1n) is 6.96. The van der Waals surface area contributed by atoms with Crippen LogP contribution in [0.25, 0.3) is 0 Å². The molecule has 0 saturated heterocycles. The van der Waals surface area contributed by atoms with E-state index in [1.807, 2.05) is 0 Å². The molecule has 0 radical (unpaired) electrons. The lowest BCUT2D eigenvalue weighted by Gasteiger charge is -2.09. The second-order valence-corrected chi connectivity index (χ2v) is 5.39. The summed E-state index contributed by atoms with van der Waals surface area (Å²) < 4.78 is 28.5. The van der Waals surface area contributed by atoms with Crippen LogP contribution < -0.4 is 5.32 Å². The Hall–Kier alpha value is -2.28. The molecule has 1 aliphatic rings. The highest BCUT2D eigenvalue weighted by Crippen LogP contribution is 2.35.